The highest BCUT2D eigenvalue weighted by atomic mass is 32.1. The summed E-state index contributed by atoms with van der Waals surface area (Å²) in [5.41, 5.74) is 0. The van der Waals surface area contributed by atoms with Crippen LogP contribution in [0.15, 0.2) is 5.38 Å². The third-order valence-electron chi connectivity index (χ3n) is 2.43. The number of aryl methyl sites for hydroxylation is 1. The molecule has 2 heterocycles. The van der Waals surface area contributed by atoms with E-state index in [1.807, 2.05) is 0 Å². The summed E-state index contributed by atoms with van der Waals surface area (Å²) in [6.07, 6.45) is 3.87. The molecule has 0 saturated heterocycles. The number of aromatic hydroxyl groups is 1. The molecular formula is C9H13N5OS2. The molecule has 0 atom stereocenters. The second-order valence-corrected chi connectivity index (χ2v) is 5.15. The molecule has 17 heavy (non-hydrogen) atoms. The fourth-order valence-electron chi connectivity index (χ4n) is 1.55. The fourth-order valence-corrected chi connectivity index (χ4v) is 2.52. The zero-order valence-electron chi connectivity index (χ0n) is 9.17. The molecule has 0 amide bonds. The molecule has 0 bridgehead atoms. The van der Waals surface area contributed by atoms with Crippen LogP contribution in [-0.2, 0) is 13.0 Å². The normalized spacial score (nSPS) is 10.8. The molecule has 2 N–H and O–H groups in total. The molecule has 0 aliphatic rings. The van der Waals surface area contributed by atoms with Crippen molar-refractivity contribution < 1.29 is 5.11 Å². The summed E-state index contributed by atoms with van der Waals surface area (Å²) in [6.45, 7) is 0.764. The van der Waals surface area contributed by atoms with Crippen LogP contribution in [0.25, 0.3) is 0 Å². The molecule has 2 aromatic rings. The van der Waals surface area contributed by atoms with E-state index in [4.69, 9.17) is 12.2 Å². The minimum Gasteiger partial charge on any atom is -0.494 e. The zero-order chi connectivity index (χ0) is 12.1. The number of tetrazole rings is 1. The molecule has 0 aromatic carbocycles. The number of rotatable bonds is 6. The van der Waals surface area contributed by atoms with E-state index in [0.717, 1.165) is 42.0 Å². The smallest absolute Gasteiger partial charge is 0.202 e. The summed E-state index contributed by atoms with van der Waals surface area (Å²) in [5.74, 6) is 1.01. The number of hydrogen-bond acceptors (Lipinski definition) is 6. The van der Waals surface area contributed by atoms with E-state index in [1.54, 1.807) is 9.95 Å². The topological polar surface area (TPSA) is 79.6 Å². The van der Waals surface area contributed by atoms with Gasteiger partial charge in [-0.05, 0) is 25.1 Å². The van der Waals surface area contributed by atoms with Gasteiger partial charge in [-0.1, -0.05) is 11.6 Å². The molecule has 92 valence electrons. The van der Waals surface area contributed by atoms with Gasteiger partial charge in [0.1, 0.15) is 0 Å². The number of aromatic amines is 1. The first-order chi connectivity index (χ1) is 8.27. The van der Waals surface area contributed by atoms with Crippen molar-refractivity contribution in [1.29, 1.82) is 0 Å². The number of thiazole rings is 1. The quantitative estimate of drug-likeness (QED) is 0.619. The Morgan fingerprint density at radius 1 is 1.41 bits per heavy atom. The largest absolute Gasteiger partial charge is 0.494 e. The minimum atomic E-state index is 0.262. The second-order valence-electron chi connectivity index (χ2n) is 3.65. The number of H-pyrrole nitrogens is 1. The van der Waals surface area contributed by atoms with Gasteiger partial charge in [0.05, 0.1) is 5.38 Å². The Labute approximate surface area is 107 Å². The molecular weight excluding hydrogens is 258 g/mol. The maximum Gasteiger partial charge on any atom is 0.202 e. The van der Waals surface area contributed by atoms with Gasteiger partial charge >= 0.3 is 0 Å². The lowest BCUT2D eigenvalue weighted by Gasteiger charge is -2.03. The molecule has 2 aromatic heterocycles. The van der Waals surface area contributed by atoms with Crippen LogP contribution >= 0.6 is 23.6 Å². The van der Waals surface area contributed by atoms with Gasteiger partial charge in [-0.25, -0.2) is 0 Å². The van der Waals surface area contributed by atoms with E-state index in [2.05, 4.69) is 20.6 Å². The summed E-state index contributed by atoms with van der Waals surface area (Å²) < 4.78 is 2.48. The summed E-state index contributed by atoms with van der Waals surface area (Å²) in [5, 5.41) is 24.9. The van der Waals surface area contributed by atoms with Crippen LogP contribution in [0.2, 0.25) is 0 Å². The van der Waals surface area contributed by atoms with Crippen molar-refractivity contribution in [2.24, 2.45) is 0 Å². The van der Waals surface area contributed by atoms with Gasteiger partial charge in [0.15, 0.2) is 9.78 Å². The van der Waals surface area contributed by atoms with Gasteiger partial charge in [0.25, 0.3) is 0 Å². The highest BCUT2D eigenvalue weighted by Crippen LogP contribution is 2.18. The first-order valence-corrected chi connectivity index (χ1v) is 6.66. The number of hydrogen-bond donors (Lipinski definition) is 2. The number of unbranched alkanes of at least 4 members (excludes halogenated alkanes) is 2. The van der Waals surface area contributed by atoms with Crippen molar-refractivity contribution in [1.82, 2.24) is 25.2 Å². The van der Waals surface area contributed by atoms with Gasteiger partial charge in [-0.15, -0.1) is 21.5 Å². The van der Waals surface area contributed by atoms with E-state index >= 15 is 0 Å². The lowest BCUT2D eigenvalue weighted by Crippen LogP contribution is -1.97. The molecule has 0 fully saturated rings. The fraction of sp³-hybridized carbons (Fsp3) is 0.556. The van der Waals surface area contributed by atoms with E-state index < -0.39 is 0 Å². The zero-order valence-corrected chi connectivity index (χ0v) is 10.8. The predicted molar refractivity (Wildman–Crippen MR) is 66.5 cm³/mol. The lowest BCUT2D eigenvalue weighted by atomic mass is 10.2. The van der Waals surface area contributed by atoms with Gasteiger partial charge in [0, 0.05) is 13.0 Å². The van der Waals surface area contributed by atoms with Gasteiger partial charge in [-0.2, -0.15) is 5.21 Å². The second kappa shape index (κ2) is 5.87. The van der Waals surface area contributed by atoms with Crippen LogP contribution in [0.3, 0.4) is 0 Å². The summed E-state index contributed by atoms with van der Waals surface area (Å²) in [4.78, 5) is 0. The van der Waals surface area contributed by atoms with E-state index in [0.29, 0.717) is 0 Å². The van der Waals surface area contributed by atoms with Crippen molar-refractivity contribution in [2.45, 2.75) is 32.2 Å². The lowest BCUT2D eigenvalue weighted by molar-refractivity contribution is 0.408. The predicted octanol–water partition coefficient (Wildman–Crippen LogP) is 1.91. The standard InChI is InChI=1S/C9H13N5OS2/c15-8-6-17-9(16)14(8)5-3-1-2-4-7-10-12-13-11-7/h6,15H,1-5H2,(H,10,11,12,13). The van der Waals surface area contributed by atoms with Gasteiger partial charge < -0.3 is 5.11 Å². The Morgan fingerprint density at radius 3 is 2.94 bits per heavy atom. The molecule has 0 aliphatic heterocycles. The van der Waals surface area contributed by atoms with E-state index in [9.17, 15) is 5.11 Å². The highest BCUT2D eigenvalue weighted by Gasteiger charge is 2.02. The van der Waals surface area contributed by atoms with E-state index in [-0.39, 0.29) is 5.88 Å². The van der Waals surface area contributed by atoms with Crippen LogP contribution in [0.1, 0.15) is 25.1 Å². The summed E-state index contributed by atoms with van der Waals surface area (Å²) >= 11 is 6.49. The van der Waals surface area contributed by atoms with Crippen LogP contribution in [0.4, 0.5) is 0 Å². The molecule has 0 unspecified atom stereocenters. The van der Waals surface area contributed by atoms with Crippen molar-refractivity contribution in [3.8, 4) is 5.88 Å². The molecule has 6 nitrogen and oxygen atoms in total. The Balaban J connectivity index is 1.68. The number of nitrogens with zero attached hydrogens (tertiary/aromatic N) is 4. The van der Waals surface area contributed by atoms with Crippen molar-refractivity contribution in [3.05, 3.63) is 15.2 Å². The molecule has 0 saturated carbocycles. The number of nitrogens with one attached hydrogen (secondary N) is 1. The first-order valence-electron chi connectivity index (χ1n) is 5.37. The van der Waals surface area contributed by atoms with Crippen molar-refractivity contribution >= 4 is 23.6 Å². The Bertz CT molecular complexity index is 504. The summed E-state index contributed by atoms with van der Waals surface area (Å²) in [6, 6.07) is 0. The SMILES string of the molecule is Oc1csc(=S)n1CCCCCc1nn[nH]n1. The van der Waals surface area contributed by atoms with Crippen LogP contribution < -0.4 is 0 Å². The van der Waals surface area contributed by atoms with Gasteiger partial charge in [0.2, 0.25) is 5.88 Å². The molecule has 0 radical (unpaired) electrons. The summed E-state index contributed by atoms with van der Waals surface area (Å²) in [7, 11) is 0. The molecule has 0 aliphatic carbocycles. The van der Waals surface area contributed by atoms with Crippen molar-refractivity contribution in [2.75, 3.05) is 0 Å². The molecule has 2 rings (SSSR count). The Kier molecular flexibility index (Phi) is 4.21. The van der Waals surface area contributed by atoms with E-state index in [1.165, 1.54) is 11.3 Å². The molecule has 0 spiro atoms. The van der Waals surface area contributed by atoms with Crippen LogP contribution in [0.5, 0.6) is 5.88 Å². The average Bonchev–Trinajstić information content (AvgIpc) is 2.92. The minimum absolute atomic E-state index is 0.262. The first kappa shape index (κ1) is 12.2. The third-order valence-corrected chi connectivity index (χ3v) is 3.69. The Hall–Kier alpha value is -1.28. The van der Waals surface area contributed by atoms with Gasteiger partial charge in [-0.3, -0.25) is 4.57 Å². The number of aromatic nitrogens is 5. The maximum atomic E-state index is 9.51. The highest BCUT2D eigenvalue weighted by molar-refractivity contribution is 7.73. The molecule has 8 heteroatoms. The third kappa shape index (κ3) is 3.34. The maximum absolute atomic E-state index is 9.51. The Morgan fingerprint density at radius 2 is 2.29 bits per heavy atom. The monoisotopic (exact) mass is 271 g/mol. The van der Waals surface area contributed by atoms with Crippen LogP contribution in [-0.4, -0.2) is 30.3 Å². The average molecular weight is 271 g/mol. The van der Waals surface area contributed by atoms with Crippen molar-refractivity contribution in [3.63, 3.8) is 0 Å². The van der Waals surface area contributed by atoms with Crippen LogP contribution in [0, 0.1) is 3.95 Å².